The fourth-order valence-corrected chi connectivity index (χ4v) is 3.12. The zero-order valence-corrected chi connectivity index (χ0v) is 16.3. The summed E-state index contributed by atoms with van der Waals surface area (Å²) in [5.41, 5.74) is 3.10. The van der Waals surface area contributed by atoms with Crippen LogP contribution in [0.2, 0.25) is 0 Å². The van der Waals surface area contributed by atoms with Crippen molar-refractivity contribution in [3.63, 3.8) is 0 Å². The van der Waals surface area contributed by atoms with Crippen molar-refractivity contribution in [1.82, 2.24) is 4.98 Å². The summed E-state index contributed by atoms with van der Waals surface area (Å²) < 4.78 is 13.4. The van der Waals surface area contributed by atoms with Crippen molar-refractivity contribution < 1.29 is 14.3 Å². The largest absolute Gasteiger partial charge is 0.395 e. The van der Waals surface area contributed by atoms with Crippen LogP contribution in [0.3, 0.4) is 0 Å². The molecule has 0 bridgehead atoms. The molecule has 0 aliphatic rings. The van der Waals surface area contributed by atoms with E-state index in [2.05, 4.69) is 16.4 Å². The number of nitriles is 1. The molecule has 0 fully saturated rings. The minimum absolute atomic E-state index is 0.123. The van der Waals surface area contributed by atoms with Crippen molar-refractivity contribution in [1.29, 1.82) is 5.26 Å². The Morgan fingerprint density at radius 3 is 2.73 bits per heavy atom. The Hall–Kier alpha value is -3.76. The second-order valence-electron chi connectivity index (χ2n) is 6.55. The monoisotopic (exact) mass is 404 g/mol. The van der Waals surface area contributed by atoms with E-state index in [1.165, 1.54) is 17.0 Å². The third-order valence-electron chi connectivity index (χ3n) is 4.57. The number of benzene rings is 2. The van der Waals surface area contributed by atoms with Crippen LogP contribution in [0.25, 0.3) is 11.3 Å². The van der Waals surface area contributed by atoms with Crippen LogP contribution in [0.1, 0.15) is 11.1 Å². The van der Waals surface area contributed by atoms with Gasteiger partial charge in [0.15, 0.2) is 5.82 Å². The van der Waals surface area contributed by atoms with Crippen molar-refractivity contribution >= 4 is 17.9 Å². The summed E-state index contributed by atoms with van der Waals surface area (Å²) in [6.07, 6.45) is 1.19. The lowest BCUT2D eigenvalue weighted by Crippen LogP contribution is -2.26. The fraction of sp³-hybridized carbons (Fsp3) is 0.174. The summed E-state index contributed by atoms with van der Waals surface area (Å²) in [5.74, 6) is 0.147. The number of nitrogens with zero attached hydrogens (tertiary/aromatic N) is 3. The summed E-state index contributed by atoms with van der Waals surface area (Å²) >= 11 is 0. The van der Waals surface area contributed by atoms with E-state index < -0.39 is 0 Å². The molecular formula is C23H21FN4O2. The van der Waals surface area contributed by atoms with E-state index in [4.69, 9.17) is 0 Å². The van der Waals surface area contributed by atoms with Crippen LogP contribution in [0, 0.1) is 17.1 Å². The molecule has 0 aliphatic heterocycles. The third-order valence-corrected chi connectivity index (χ3v) is 4.57. The lowest BCUT2D eigenvalue weighted by molar-refractivity contribution is -0.107. The van der Waals surface area contributed by atoms with Gasteiger partial charge >= 0.3 is 0 Å². The number of hydrogen-bond donors (Lipinski definition) is 2. The molecule has 0 spiro atoms. The Morgan fingerprint density at radius 1 is 1.17 bits per heavy atom. The normalized spacial score (nSPS) is 10.3. The highest BCUT2D eigenvalue weighted by molar-refractivity contribution is 5.83. The van der Waals surface area contributed by atoms with Crippen molar-refractivity contribution in [2.45, 2.75) is 6.42 Å². The number of aliphatic hydroxyl groups is 1. The van der Waals surface area contributed by atoms with E-state index in [9.17, 15) is 19.6 Å². The molecule has 0 atom stereocenters. The Morgan fingerprint density at radius 2 is 2.00 bits per heavy atom. The SMILES string of the molecule is N#Cc1ccccc1-c1ccc(N(C=O)CCO)c(NCCc2cccc(F)c2)n1. The summed E-state index contributed by atoms with van der Waals surface area (Å²) in [5, 5.41) is 21.8. The van der Waals surface area contributed by atoms with E-state index in [1.807, 2.05) is 18.2 Å². The maximum Gasteiger partial charge on any atom is 0.214 e. The van der Waals surface area contributed by atoms with Gasteiger partial charge in [-0.15, -0.1) is 0 Å². The van der Waals surface area contributed by atoms with Crippen LogP contribution < -0.4 is 10.2 Å². The molecule has 2 aromatic carbocycles. The number of rotatable bonds is 9. The third kappa shape index (κ3) is 4.99. The lowest BCUT2D eigenvalue weighted by atomic mass is 10.0. The molecule has 6 nitrogen and oxygen atoms in total. The predicted molar refractivity (Wildman–Crippen MR) is 113 cm³/mol. The summed E-state index contributed by atoms with van der Waals surface area (Å²) in [6.45, 7) is 0.386. The van der Waals surface area contributed by atoms with Crippen LogP contribution in [0.15, 0.2) is 60.7 Å². The number of amides is 1. The number of nitrogens with one attached hydrogen (secondary N) is 1. The van der Waals surface area contributed by atoms with Gasteiger partial charge in [-0.05, 0) is 42.3 Å². The Balaban J connectivity index is 1.91. The first-order valence-electron chi connectivity index (χ1n) is 9.48. The number of aromatic nitrogens is 1. The number of hydrogen-bond acceptors (Lipinski definition) is 5. The van der Waals surface area contributed by atoms with Gasteiger partial charge in [-0.2, -0.15) is 5.26 Å². The molecule has 0 unspecified atom stereocenters. The van der Waals surface area contributed by atoms with Crippen molar-refractivity contribution in [2.75, 3.05) is 29.9 Å². The highest BCUT2D eigenvalue weighted by Crippen LogP contribution is 2.29. The molecule has 0 radical (unpaired) electrons. The molecule has 0 saturated carbocycles. The van der Waals surface area contributed by atoms with Gasteiger partial charge in [-0.3, -0.25) is 4.79 Å². The Kier molecular flexibility index (Phi) is 7.09. The van der Waals surface area contributed by atoms with Crippen LogP contribution in [0.5, 0.6) is 0 Å². The topological polar surface area (TPSA) is 89.2 Å². The fourth-order valence-electron chi connectivity index (χ4n) is 3.12. The minimum Gasteiger partial charge on any atom is -0.395 e. The van der Waals surface area contributed by atoms with Gasteiger partial charge in [0.2, 0.25) is 6.41 Å². The Labute approximate surface area is 174 Å². The molecule has 1 amide bonds. The number of pyridine rings is 1. The summed E-state index contributed by atoms with van der Waals surface area (Å²) in [4.78, 5) is 17.5. The first-order valence-corrected chi connectivity index (χ1v) is 9.48. The molecule has 0 aliphatic carbocycles. The number of halogens is 1. The Bertz CT molecular complexity index is 1070. The van der Waals surface area contributed by atoms with Crippen molar-refractivity contribution in [2.24, 2.45) is 0 Å². The van der Waals surface area contributed by atoms with Crippen molar-refractivity contribution in [3.05, 3.63) is 77.6 Å². The minimum atomic E-state index is -0.295. The second kappa shape index (κ2) is 10.1. The quantitative estimate of drug-likeness (QED) is 0.534. The predicted octanol–water partition coefficient (Wildman–Crippen LogP) is 3.37. The van der Waals surface area contributed by atoms with Crippen LogP contribution in [-0.4, -0.2) is 36.2 Å². The van der Waals surface area contributed by atoms with Crippen LogP contribution in [0.4, 0.5) is 15.9 Å². The van der Waals surface area contributed by atoms with E-state index in [0.717, 1.165) is 5.56 Å². The maximum absolute atomic E-state index is 13.4. The van der Waals surface area contributed by atoms with Gasteiger partial charge in [0.05, 0.1) is 29.6 Å². The van der Waals surface area contributed by atoms with E-state index in [-0.39, 0.29) is 19.0 Å². The molecule has 1 aromatic heterocycles. The average Bonchev–Trinajstić information content (AvgIpc) is 2.77. The zero-order valence-electron chi connectivity index (χ0n) is 16.3. The number of carbonyl (C=O) groups excluding carboxylic acids is 1. The standard InChI is InChI=1S/C23H21FN4O2/c24-19-6-3-4-17(14-19)10-11-26-23-22(28(16-30)12-13-29)9-8-21(27-23)20-7-2-1-5-18(20)15-25/h1-9,14,16,29H,10-13H2,(H,26,27). The smallest absolute Gasteiger partial charge is 0.214 e. The van der Waals surface area contributed by atoms with E-state index in [0.29, 0.717) is 47.7 Å². The van der Waals surface area contributed by atoms with E-state index in [1.54, 1.807) is 30.3 Å². The second-order valence-corrected chi connectivity index (χ2v) is 6.55. The van der Waals surface area contributed by atoms with Gasteiger partial charge in [-0.1, -0.05) is 30.3 Å². The molecule has 3 aromatic rings. The molecule has 3 rings (SSSR count). The van der Waals surface area contributed by atoms with Crippen molar-refractivity contribution in [3.8, 4) is 17.3 Å². The zero-order chi connectivity index (χ0) is 21.3. The maximum atomic E-state index is 13.4. The molecule has 2 N–H and O–H groups in total. The highest BCUT2D eigenvalue weighted by atomic mass is 19.1. The average molecular weight is 404 g/mol. The van der Waals surface area contributed by atoms with Gasteiger partial charge in [0.25, 0.3) is 0 Å². The molecule has 0 saturated heterocycles. The molecule has 1 heterocycles. The highest BCUT2D eigenvalue weighted by Gasteiger charge is 2.15. The van der Waals surface area contributed by atoms with Crippen LogP contribution in [-0.2, 0) is 11.2 Å². The summed E-state index contributed by atoms with van der Waals surface area (Å²) in [6, 6.07) is 19.1. The number of anilines is 2. The van der Waals surface area contributed by atoms with Gasteiger partial charge in [-0.25, -0.2) is 9.37 Å². The molecule has 30 heavy (non-hydrogen) atoms. The van der Waals surface area contributed by atoms with Gasteiger partial charge in [0.1, 0.15) is 5.82 Å². The molecular weight excluding hydrogens is 383 g/mol. The van der Waals surface area contributed by atoms with Gasteiger partial charge in [0, 0.05) is 18.7 Å². The van der Waals surface area contributed by atoms with Gasteiger partial charge < -0.3 is 15.3 Å². The molecule has 152 valence electrons. The van der Waals surface area contributed by atoms with Crippen LogP contribution >= 0.6 is 0 Å². The summed E-state index contributed by atoms with van der Waals surface area (Å²) in [7, 11) is 0. The first kappa shape index (κ1) is 21.0. The lowest BCUT2D eigenvalue weighted by Gasteiger charge is -2.21. The number of carbonyl (C=O) groups is 1. The van der Waals surface area contributed by atoms with E-state index >= 15 is 0 Å². The molecule has 7 heteroatoms. The number of aliphatic hydroxyl groups excluding tert-OH is 1. The first-order chi connectivity index (χ1) is 14.7.